The van der Waals surface area contributed by atoms with Gasteiger partial charge in [-0.3, -0.25) is 13.8 Å². The molecular weight excluding hydrogens is 434 g/mol. The molecule has 4 heterocycles. The molecule has 1 unspecified atom stereocenters. The number of hydrogen-bond donors (Lipinski definition) is 0. The van der Waals surface area contributed by atoms with Crippen molar-refractivity contribution in [2.75, 3.05) is 13.7 Å². The molecule has 0 bridgehead atoms. The van der Waals surface area contributed by atoms with Gasteiger partial charge in [-0.1, -0.05) is 11.8 Å². The van der Waals surface area contributed by atoms with Crippen LogP contribution < -0.4 is 10.3 Å². The van der Waals surface area contributed by atoms with Crippen molar-refractivity contribution >= 4 is 28.1 Å². The molecule has 1 aliphatic heterocycles. The molecule has 3 aromatic heterocycles. The van der Waals surface area contributed by atoms with Crippen molar-refractivity contribution in [1.82, 2.24) is 24.1 Å². The SMILES string of the molecule is COc1ccc(-c2nnc(SCc3cc(=O)n4ccsc4n3)n2CC2CCCO2)cc1. The highest BCUT2D eigenvalue weighted by Crippen LogP contribution is 2.29. The minimum atomic E-state index is -0.0680. The number of ether oxygens (including phenoxy) is 2. The highest BCUT2D eigenvalue weighted by Gasteiger charge is 2.22. The molecule has 0 saturated carbocycles. The van der Waals surface area contributed by atoms with Gasteiger partial charge in [-0.15, -0.1) is 21.5 Å². The fraction of sp³-hybridized carbons (Fsp3) is 0.333. The molecule has 0 aliphatic carbocycles. The van der Waals surface area contributed by atoms with Crippen LogP contribution in [0.5, 0.6) is 5.75 Å². The number of aromatic nitrogens is 5. The second kappa shape index (κ2) is 8.81. The number of benzene rings is 1. The fourth-order valence-electron chi connectivity index (χ4n) is 3.61. The summed E-state index contributed by atoms with van der Waals surface area (Å²) in [5, 5.41) is 11.6. The van der Waals surface area contributed by atoms with Gasteiger partial charge in [-0.25, -0.2) is 4.98 Å². The van der Waals surface area contributed by atoms with Gasteiger partial charge in [0.1, 0.15) is 5.75 Å². The third kappa shape index (κ3) is 4.23. The first kappa shape index (κ1) is 20.2. The molecule has 1 fully saturated rings. The maximum atomic E-state index is 12.3. The largest absolute Gasteiger partial charge is 0.497 e. The number of rotatable bonds is 7. The number of fused-ring (bicyclic) bond motifs is 1. The van der Waals surface area contributed by atoms with Crippen molar-refractivity contribution in [3.8, 4) is 17.1 Å². The predicted molar refractivity (Wildman–Crippen MR) is 120 cm³/mol. The van der Waals surface area contributed by atoms with E-state index in [0.29, 0.717) is 17.3 Å². The molecule has 1 aromatic carbocycles. The average Bonchev–Trinajstić information content (AvgIpc) is 3.54. The maximum Gasteiger partial charge on any atom is 0.258 e. The second-order valence-corrected chi connectivity index (χ2v) is 9.03. The van der Waals surface area contributed by atoms with E-state index in [1.165, 1.54) is 23.1 Å². The van der Waals surface area contributed by atoms with Gasteiger partial charge >= 0.3 is 0 Å². The Morgan fingerprint density at radius 1 is 1.29 bits per heavy atom. The van der Waals surface area contributed by atoms with Gasteiger partial charge in [0.15, 0.2) is 15.9 Å². The van der Waals surface area contributed by atoms with Crippen LogP contribution in [-0.4, -0.2) is 44.0 Å². The topological polar surface area (TPSA) is 83.5 Å². The first-order valence-corrected chi connectivity index (χ1v) is 11.9. The molecule has 8 nitrogen and oxygen atoms in total. The molecule has 4 aromatic rings. The molecule has 1 saturated heterocycles. The average molecular weight is 456 g/mol. The van der Waals surface area contributed by atoms with Crippen LogP contribution in [0.4, 0.5) is 0 Å². The van der Waals surface area contributed by atoms with E-state index in [2.05, 4.69) is 19.7 Å². The van der Waals surface area contributed by atoms with Crippen LogP contribution in [0.1, 0.15) is 18.5 Å². The van der Waals surface area contributed by atoms with Gasteiger partial charge in [0, 0.05) is 35.6 Å². The normalized spacial score (nSPS) is 16.2. The van der Waals surface area contributed by atoms with Gasteiger partial charge in [0.2, 0.25) is 0 Å². The van der Waals surface area contributed by atoms with Crippen molar-refractivity contribution < 1.29 is 9.47 Å². The molecular formula is C21H21N5O3S2. The Morgan fingerprint density at radius 2 is 2.16 bits per heavy atom. The van der Waals surface area contributed by atoms with Gasteiger partial charge < -0.3 is 9.47 Å². The molecule has 1 aliphatic rings. The number of thiazole rings is 1. The van der Waals surface area contributed by atoms with Crippen LogP contribution in [-0.2, 0) is 17.0 Å². The van der Waals surface area contributed by atoms with E-state index in [1.807, 2.05) is 29.6 Å². The van der Waals surface area contributed by atoms with Gasteiger partial charge in [0.05, 0.1) is 25.5 Å². The summed E-state index contributed by atoms with van der Waals surface area (Å²) in [5.74, 6) is 2.13. The van der Waals surface area contributed by atoms with Crippen molar-refractivity contribution in [3.05, 3.63) is 58.0 Å². The summed E-state index contributed by atoms with van der Waals surface area (Å²) in [4.78, 5) is 17.6. The Morgan fingerprint density at radius 3 is 2.94 bits per heavy atom. The highest BCUT2D eigenvalue weighted by molar-refractivity contribution is 7.98. The Hall–Kier alpha value is -2.69. The van der Waals surface area contributed by atoms with Crippen molar-refractivity contribution in [3.63, 3.8) is 0 Å². The molecule has 31 heavy (non-hydrogen) atoms. The lowest BCUT2D eigenvalue weighted by Crippen LogP contribution is -2.17. The molecule has 0 radical (unpaired) electrons. The molecule has 10 heteroatoms. The lowest BCUT2D eigenvalue weighted by molar-refractivity contribution is 0.0953. The van der Waals surface area contributed by atoms with Crippen LogP contribution >= 0.6 is 23.1 Å². The zero-order chi connectivity index (χ0) is 21.2. The second-order valence-electron chi connectivity index (χ2n) is 7.21. The smallest absolute Gasteiger partial charge is 0.258 e. The Balaban J connectivity index is 1.43. The maximum absolute atomic E-state index is 12.3. The van der Waals surface area contributed by atoms with E-state index >= 15 is 0 Å². The van der Waals surface area contributed by atoms with Gasteiger partial charge in [0.25, 0.3) is 5.56 Å². The lowest BCUT2D eigenvalue weighted by atomic mass is 10.2. The quantitative estimate of drug-likeness (QED) is 0.395. The molecule has 5 rings (SSSR count). The molecule has 1 atom stereocenters. The van der Waals surface area contributed by atoms with E-state index in [9.17, 15) is 4.79 Å². The Kier molecular flexibility index (Phi) is 5.75. The summed E-state index contributed by atoms with van der Waals surface area (Å²) in [6, 6.07) is 9.38. The summed E-state index contributed by atoms with van der Waals surface area (Å²) in [6.45, 7) is 1.48. The van der Waals surface area contributed by atoms with E-state index in [-0.39, 0.29) is 11.7 Å². The fourth-order valence-corrected chi connectivity index (χ4v) is 5.18. The van der Waals surface area contributed by atoms with E-state index in [4.69, 9.17) is 9.47 Å². The Bertz CT molecular complexity index is 1240. The van der Waals surface area contributed by atoms with E-state index in [0.717, 1.165) is 47.4 Å². The zero-order valence-corrected chi connectivity index (χ0v) is 18.6. The van der Waals surface area contributed by atoms with Crippen molar-refractivity contribution in [1.29, 1.82) is 0 Å². The van der Waals surface area contributed by atoms with Crippen LogP contribution in [0.2, 0.25) is 0 Å². The number of nitrogens with zero attached hydrogens (tertiary/aromatic N) is 5. The Labute approximate surface area is 186 Å². The predicted octanol–water partition coefficient (Wildman–Crippen LogP) is 3.49. The van der Waals surface area contributed by atoms with E-state index < -0.39 is 0 Å². The van der Waals surface area contributed by atoms with Crippen molar-refractivity contribution in [2.45, 2.75) is 36.4 Å². The standard InChI is InChI=1S/C21H21N5O3S2/c1-28-16-6-4-14(5-7-16)19-23-24-21(26(19)12-17-3-2-9-29-17)31-13-15-11-18(27)25-8-10-30-20(25)22-15/h4-8,10-11,17H,2-3,9,12-13H2,1H3. The van der Waals surface area contributed by atoms with Gasteiger partial charge in [-0.2, -0.15) is 0 Å². The van der Waals surface area contributed by atoms with Crippen LogP contribution in [0.3, 0.4) is 0 Å². The lowest BCUT2D eigenvalue weighted by Gasteiger charge is -2.15. The third-order valence-electron chi connectivity index (χ3n) is 5.18. The molecule has 0 N–H and O–H groups in total. The first-order chi connectivity index (χ1) is 15.2. The number of hydrogen-bond acceptors (Lipinski definition) is 8. The summed E-state index contributed by atoms with van der Waals surface area (Å²) >= 11 is 2.98. The van der Waals surface area contributed by atoms with Gasteiger partial charge in [-0.05, 0) is 37.1 Å². The first-order valence-electron chi connectivity index (χ1n) is 9.99. The number of methoxy groups -OCH3 is 1. The molecule has 160 valence electrons. The minimum absolute atomic E-state index is 0.0680. The van der Waals surface area contributed by atoms with Crippen molar-refractivity contribution in [2.24, 2.45) is 0 Å². The van der Waals surface area contributed by atoms with E-state index in [1.54, 1.807) is 23.8 Å². The molecule has 0 amide bonds. The number of thioether (sulfide) groups is 1. The van der Waals surface area contributed by atoms with Crippen LogP contribution in [0.15, 0.2) is 51.9 Å². The summed E-state index contributed by atoms with van der Waals surface area (Å²) in [7, 11) is 1.65. The summed E-state index contributed by atoms with van der Waals surface area (Å²) in [6.07, 6.45) is 3.99. The third-order valence-corrected chi connectivity index (χ3v) is 6.94. The van der Waals surface area contributed by atoms with Crippen LogP contribution in [0, 0.1) is 0 Å². The zero-order valence-electron chi connectivity index (χ0n) is 16.9. The summed E-state index contributed by atoms with van der Waals surface area (Å²) in [5.41, 5.74) is 1.63. The minimum Gasteiger partial charge on any atom is -0.497 e. The summed E-state index contributed by atoms with van der Waals surface area (Å²) < 4.78 is 14.8. The monoisotopic (exact) mass is 455 g/mol. The van der Waals surface area contributed by atoms with Crippen LogP contribution in [0.25, 0.3) is 16.3 Å². The highest BCUT2D eigenvalue weighted by atomic mass is 32.2. The molecule has 0 spiro atoms.